The number of hydrogen-bond donors (Lipinski definition) is 0. The van der Waals surface area contributed by atoms with E-state index < -0.39 is 0 Å². The van der Waals surface area contributed by atoms with Gasteiger partial charge in [-0.15, -0.1) is 0 Å². The Kier molecular flexibility index (Phi) is 2.70. The summed E-state index contributed by atoms with van der Waals surface area (Å²) in [7, 11) is 0. The number of nitrogens with zero attached hydrogens (tertiary/aromatic N) is 4. The fraction of sp³-hybridized carbons (Fsp3) is 0. The molecule has 4 aromatic heterocycles. The number of furan rings is 2. The molecular weight excluding hydrogens is 280 g/mol. The Hall–Kier alpha value is -3.46. The standard InChI is InChI=1S/C16H8N4O2/c17-8-10-7-11-16(18-9-10)20-15(13-4-2-6-22-13)14(19-11)12-3-1-5-21-12/h1-7,9H. The lowest BCUT2D eigenvalue weighted by atomic mass is 10.2. The van der Waals surface area contributed by atoms with Crippen LogP contribution in [0.5, 0.6) is 0 Å². The molecule has 6 heteroatoms. The van der Waals surface area contributed by atoms with Crippen LogP contribution < -0.4 is 0 Å². The minimum absolute atomic E-state index is 0.429. The molecule has 0 unspecified atom stereocenters. The van der Waals surface area contributed by atoms with Crippen LogP contribution in [0.15, 0.2) is 57.9 Å². The Bertz CT molecular complexity index is 983. The highest BCUT2D eigenvalue weighted by atomic mass is 16.3. The van der Waals surface area contributed by atoms with Gasteiger partial charge >= 0.3 is 0 Å². The van der Waals surface area contributed by atoms with Crippen molar-refractivity contribution in [2.45, 2.75) is 0 Å². The second-order valence-electron chi connectivity index (χ2n) is 4.55. The topological polar surface area (TPSA) is 88.7 Å². The first-order valence-electron chi connectivity index (χ1n) is 6.51. The molecule has 0 radical (unpaired) electrons. The molecular formula is C16H8N4O2. The fourth-order valence-corrected chi connectivity index (χ4v) is 2.18. The minimum Gasteiger partial charge on any atom is -0.463 e. The molecule has 0 aliphatic heterocycles. The maximum atomic E-state index is 8.98. The summed E-state index contributed by atoms with van der Waals surface area (Å²) in [5, 5.41) is 8.98. The van der Waals surface area contributed by atoms with Gasteiger partial charge in [0.05, 0.1) is 18.1 Å². The molecule has 0 spiro atoms. The molecule has 0 amide bonds. The van der Waals surface area contributed by atoms with Crippen molar-refractivity contribution in [3.05, 3.63) is 54.6 Å². The van der Waals surface area contributed by atoms with Crippen LogP contribution in [-0.2, 0) is 0 Å². The van der Waals surface area contributed by atoms with E-state index in [1.807, 2.05) is 6.07 Å². The van der Waals surface area contributed by atoms with Crippen LogP contribution in [0.1, 0.15) is 5.56 Å². The number of aromatic nitrogens is 3. The first kappa shape index (κ1) is 12.3. The first-order chi connectivity index (χ1) is 10.8. The van der Waals surface area contributed by atoms with Gasteiger partial charge in [0.25, 0.3) is 0 Å². The van der Waals surface area contributed by atoms with E-state index in [-0.39, 0.29) is 0 Å². The van der Waals surface area contributed by atoms with Gasteiger partial charge in [-0.05, 0) is 30.3 Å². The lowest BCUT2D eigenvalue weighted by Crippen LogP contribution is -1.96. The van der Waals surface area contributed by atoms with Crippen LogP contribution in [0.3, 0.4) is 0 Å². The smallest absolute Gasteiger partial charge is 0.178 e. The van der Waals surface area contributed by atoms with Gasteiger partial charge in [-0.1, -0.05) is 0 Å². The van der Waals surface area contributed by atoms with Crippen molar-refractivity contribution in [3.8, 4) is 29.0 Å². The van der Waals surface area contributed by atoms with Crippen LogP contribution in [-0.4, -0.2) is 15.0 Å². The van der Waals surface area contributed by atoms with E-state index in [0.717, 1.165) is 0 Å². The van der Waals surface area contributed by atoms with Crippen molar-refractivity contribution in [2.24, 2.45) is 0 Å². The monoisotopic (exact) mass is 288 g/mol. The van der Waals surface area contributed by atoms with Gasteiger partial charge in [0.15, 0.2) is 17.2 Å². The summed E-state index contributed by atoms with van der Waals surface area (Å²) in [6.07, 6.45) is 4.60. The predicted molar refractivity (Wildman–Crippen MR) is 77.5 cm³/mol. The van der Waals surface area contributed by atoms with Gasteiger partial charge in [0.1, 0.15) is 23.0 Å². The zero-order valence-electron chi connectivity index (χ0n) is 11.2. The highest BCUT2D eigenvalue weighted by Crippen LogP contribution is 2.31. The normalized spacial score (nSPS) is 10.7. The third-order valence-electron chi connectivity index (χ3n) is 3.16. The summed E-state index contributed by atoms with van der Waals surface area (Å²) >= 11 is 0. The molecule has 6 nitrogen and oxygen atoms in total. The van der Waals surface area contributed by atoms with Crippen molar-refractivity contribution in [2.75, 3.05) is 0 Å². The van der Waals surface area contributed by atoms with Crippen molar-refractivity contribution >= 4 is 11.2 Å². The number of hydrogen-bond acceptors (Lipinski definition) is 6. The van der Waals surface area contributed by atoms with Gasteiger partial charge in [0.2, 0.25) is 0 Å². The minimum atomic E-state index is 0.429. The van der Waals surface area contributed by atoms with Gasteiger partial charge in [-0.25, -0.2) is 15.0 Å². The Morgan fingerprint density at radius 1 is 0.955 bits per heavy atom. The van der Waals surface area contributed by atoms with Gasteiger partial charge in [-0.2, -0.15) is 5.26 Å². The van der Waals surface area contributed by atoms with Crippen molar-refractivity contribution in [1.82, 2.24) is 15.0 Å². The van der Waals surface area contributed by atoms with Crippen molar-refractivity contribution in [1.29, 1.82) is 5.26 Å². The van der Waals surface area contributed by atoms with Gasteiger partial charge in [-0.3, -0.25) is 0 Å². The fourth-order valence-electron chi connectivity index (χ4n) is 2.18. The van der Waals surface area contributed by atoms with E-state index in [1.54, 1.807) is 42.9 Å². The third kappa shape index (κ3) is 1.93. The third-order valence-corrected chi connectivity index (χ3v) is 3.16. The molecule has 4 heterocycles. The maximum Gasteiger partial charge on any atom is 0.178 e. The molecule has 0 aromatic carbocycles. The zero-order chi connectivity index (χ0) is 14.9. The molecule has 0 aliphatic rings. The van der Waals surface area contributed by atoms with E-state index in [0.29, 0.717) is 39.6 Å². The Balaban J connectivity index is 2.04. The summed E-state index contributed by atoms with van der Waals surface area (Å²) in [6, 6.07) is 10.8. The molecule has 0 aliphatic carbocycles. The molecule has 0 saturated carbocycles. The summed E-state index contributed by atoms with van der Waals surface area (Å²) in [5.74, 6) is 1.15. The first-order valence-corrected chi connectivity index (χ1v) is 6.51. The molecule has 4 aromatic rings. The van der Waals surface area contributed by atoms with E-state index in [9.17, 15) is 0 Å². The number of pyridine rings is 1. The zero-order valence-corrected chi connectivity index (χ0v) is 11.2. The number of nitriles is 1. The average Bonchev–Trinajstić information content (AvgIpc) is 3.26. The second-order valence-corrected chi connectivity index (χ2v) is 4.55. The molecule has 0 bridgehead atoms. The lowest BCUT2D eigenvalue weighted by molar-refractivity contribution is 0.572. The molecule has 0 fully saturated rings. The Morgan fingerprint density at radius 3 is 2.23 bits per heavy atom. The molecule has 22 heavy (non-hydrogen) atoms. The quantitative estimate of drug-likeness (QED) is 0.561. The molecule has 0 saturated heterocycles. The average molecular weight is 288 g/mol. The SMILES string of the molecule is N#Cc1cnc2nc(-c3ccco3)c(-c3ccco3)nc2c1. The summed E-state index contributed by atoms with van der Waals surface area (Å²) in [5.41, 5.74) is 2.49. The van der Waals surface area contributed by atoms with Crippen LogP contribution in [0, 0.1) is 11.3 Å². The van der Waals surface area contributed by atoms with E-state index >= 15 is 0 Å². The van der Waals surface area contributed by atoms with Crippen molar-refractivity contribution < 1.29 is 8.83 Å². The van der Waals surface area contributed by atoms with Gasteiger partial charge in [0, 0.05) is 6.20 Å². The number of fused-ring (bicyclic) bond motifs is 1. The summed E-state index contributed by atoms with van der Waals surface area (Å²) in [6.45, 7) is 0. The van der Waals surface area contributed by atoms with E-state index in [4.69, 9.17) is 14.1 Å². The highest BCUT2D eigenvalue weighted by molar-refractivity contribution is 5.82. The van der Waals surface area contributed by atoms with Crippen LogP contribution in [0.2, 0.25) is 0 Å². The molecule has 0 N–H and O–H groups in total. The molecule has 4 rings (SSSR count). The van der Waals surface area contributed by atoms with Crippen LogP contribution >= 0.6 is 0 Å². The summed E-state index contributed by atoms with van der Waals surface area (Å²) in [4.78, 5) is 13.2. The highest BCUT2D eigenvalue weighted by Gasteiger charge is 2.17. The maximum absolute atomic E-state index is 8.98. The Morgan fingerprint density at radius 2 is 1.64 bits per heavy atom. The number of rotatable bonds is 2. The van der Waals surface area contributed by atoms with E-state index in [1.165, 1.54) is 6.20 Å². The van der Waals surface area contributed by atoms with E-state index in [2.05, 4.69) is 15.0 Å². The largest absolute Gasteiger partial charge is 0.463 e. The lowest BCUT2D eigenvalue weighted by Gasteiger charge is -2.05. The second kappa shape index (κ2) is 4.82. The summed E-state index contributed by atoms with van der Waals surface area (Å²) < 4.78 is 10.9. The van der Waals surface area contributed by atoms with Gasteiger partial charge < -0.3 is 8.83 Å². The van der Waals surface area contributed by atoms with Crippen LogP contribution in [0.25, 0.3) is 34.1 Å². The predicted octanol–water partition coefficient (Wildman–Crippen LogP) is 3.42. The molecule has 0 atom stereocenters. The van der Waals surface area contributed by atoms with Crippen molar-refractivity contribution in [3.63, 3.8) is 0 Å². The molecule has 104 valence electrons. The Labute approximate surface area is 124 Å². The van der Waals surface area contributed by atoms with Crippen LogP contribution in [0.4, 0.5) is 0 Å².